The number of ether oxygens (including phenoxy) is 1. The fourth-order valence-corrected chi connectivity index (χ4v) is 2.30. The van der Waals surface area contributed by atoms with Gasteiger partial charge >= 0.3 is 5.97 Å². The monoisotopic (exact) mass is 350 g/mol. The Bertz CT molecular complexity index is 813. The molecule has 0 saturated heterocycles. The number of carbonyl (C=O) groups excluding carboxylic acids is 1. The van der Waals surface area contributed by atoms with Crippen molar-refractivity contribution in [2.45, 2.75) is 13.2 Å². The van der Waals surface area contributed by atoms with Gasteiger partial charge in [0.15, 0.2) is 0 Å². The van der Waals surface area contributed by atoms with E-state index in [1.165, 1.54) is 0 Å². The Morgan fingerprint density at radius 3 is 2.83 bits per heavy atom. The summed E-state index contributed by atoms with van der Waals surface area (Å²) >= 11 is 11.8. The zero-order chi connectivity index (χ0) is 16.2. The van der Waals surface area contributed by atoms with Gasteiger partial charge in [-0.25, -0.2) is 4.79 Å². The number of hydrogen-bond acceptors (Lipinski definition) is 4. The van der Waals surface area contributed by atoms with Crippen molar-refractivity contribution >= 4 is 29.2 Å². The summed E-state index contributed by atoms with van der Waals surface area (Å²) in [4.78, 5) is 12.0. The molecule has 5 nitrogen and oxygen atoms in total. The first-order valence-corrected chi connectivity index (χ1v) is 7.54. The molecule has 0 aliphatic heterocycles. The molecule has 2 heterocycles. The smallest absolute Gasteiger partial charge is 0.374 e. The maximum atomic E-state index is 12.0. The summed E-state index contributed by atoms with van der Waals surface area (Å²) in [6.07, 6.45) is 3.49. The number of aromatic nitrogens is 2. The zero-order valence-electron chi connectivity index (χ0n) is 11.9. The number of nitrogens with zero attached hydrogens (tertiary/aromatic N) is 2. The first-order chi connectivity index (χ1) is 11.1. The molecule has 0 fully saturated rings. The summed E-state index contributed by atoms with van der Waals surface area (Å²) in [5, 5.41) is 4.95. The van der Waals surface area contributed by atoms with Gasteiger partial charge in [-0.1, -0.05) is 29.3 Å². The van der Waals surface area contributed by atoms with Crippen LogP contribution in [-0.2, 0) is 17.9 Å². The Balaban J connectivity index is 1.60. The lowest BCUT2D eigenvalue weighted by molar-refractivity contribution is 0.0434. The molecule has 0 saturated carbocycles. The van der Waals surface area contributed by atoms with E-state index in [1.54, 1.807) is 41.2 Å². The van der Waals surface area contributed by atoms with Crippen molar-refractivity contribution in [1.82, 2.24) is 9.78 Å². The number of benzene rings is 1. The summed E-state index contributed by atoms with van der Waals surface area (Å²) in [6.45, 7) is 0.540. The van der Waals surface area contributed by atoms with Crippen LogP contribution in [0.3, 0.4) is 0 Å². The van der Waals surface area contributed by atoms with Gasteiger partial charge in [-0.2, -0.15) is 5.10 Å². The van der Waals surface area contributed by atoms with Gasteiger partial charge in [0, 0.05) is 12.4 Å². The number of rotatable bonds is 5. The van der Waals surface area contributed by atoms with Crippen molar-refractivity contribution in [3.05, 3.63) is 75.9 Å². The lowest BCUT2D eigenvalue weighted by atomic mass is 10.2. The highest BCUT2D eigenvalue weighted by atomic mass is 35.5. The Morgan fingerprint density at radius 2 is 2.09 bits per heavy atom. The normalized spacial score (nSPS) is 10.7. The quantitative estimate of drug-likeness (QED) is 0.647. The van der Waals surface area contributed by atoms with E-state index in [0.29, 0.717) is 22.4 Å². The van der Waals surface area contributed by atoms with Crippen molar-refractivity contribution in [3.63, 3.8) is 0 Å². The molecule has 0 bridgehead atoms. The van der Waals surface area contributed by atoms with Crippen molar-refractivity contribution in [1.29, 1.82) is 0 Å². The number of furan rings is 1. The van der Waals surface area contributed by atoms with E-state index >= 15 is 0 Å². The molecular weight excluding hydrogens is 339 g/mol. The van der Waals surface area contributed by atoms with Gasteiger partial charge in [0.25, 0.3) is 0 Å². The second kappa shape index (κ2) is 6.89. The Hall–Kier alpha value is -2.24. The van der Waals surface area contributed by atoms with E-state index in [0.717, 1.165) is 5.56 Å². The first-order valence-electron chi connectivity index (χ1n) is 6.79. The van der Waals surface area contributed by atoms with E-state index in [9.17, 15) is 4.79 Å². The lowest BCUT2D eigenvalue weighted by Crippen LogP contribution is -2.04. The van der Waals surface area contributed by atoms with Crippen molar-refractivity contribution in [2.75, 3.05) is 0 Å². The minimum Gasteiger partial charge on any atom is -0.455 e. The molecule has 0 unspecified atom stereocenters. The van der Waals surface area contributed by atoms with E-state index in [2.05, 4.69) is 5.10 Å². The molecule has 0 atom stereocenters. The van der Waals surface area contributed by atoms with Gasteiger partial charge in [-0.3, -0.25) is 4.68 Å². The van der Waals surface area contributed by atoms with Crippen molar-refractivity contribution in [3.8, 4) is 0 Å². The van der Waals surface area contributed by atoms with Gasteiger partial charge in [0.05, 0.1) is 16.6 Å². The van der Waals surface area contributed by atoms with Gasteiger partial charge < -0.3 is 9.15 Å². The topological polar surface area (TPSA) is 57.3 Å². The summed E-state index contributed by atoms with van der Waals surface area (Å²) in [6, 6.07) is 10.2. The standard InChI is InChI=1S/C16H12Cl2N2O3/c17-13-4-2-11(8-14(13)18)10-22-16(21)15-5-3-12(23-15)9-20-7-1-6-19-20/h1-8H,9-10H2. The zero-order valence-corrected chi connectivity index (χ0v) is 13.4. The van der Waals surface area contributed by atoms with E-state index in [4.69, 9.17) is 32.4 Å². The molecule has 0 aliphatic rings. The minimum atomic E-state index is -0.539. The van der Waals surface area contributed by atoms with Crippen LogP contribution >= 0.6 is 23.2 Å². The first kappa shape index (κ1) is 15.6. The number of halogens is 2. The van der Waals surface area contributed by atoms with Crippen molar-refractivity contribution in [2.24, 2.45) is 0 Å². The lowest BCUT2D eigenvalue weighted by Gasteiger charge is -2.04. The highest BCUT2D eigenvalue weighted by molar-refractivity contribution is 6.42. The molecule has 2 aromatic heterocycles. The van der Waals surface area contributed by atoms with Crippen LogP contribution in [0.4, 0.5) is 0 Å². The summed E-state index contributed by atoms with van der Waals surface area (Å²) in [5.41, 5.74) is 0.746. The highest BCUT2D eigenvalue weighted by Gasteiger charge is 2.13. The van der Waals surface area contributed by atoms with E-state index in [-0.39, 0.29) is 12.4 Å². The van der Waals surface area contributed by atoms with E-state index in [1.807, 2.05) is 12.3 Å². The van der Waals surface area contributed by atoms with Gasteiger partial charge in [-0.05, 0) is 35.9 Å². The maximum Gasteiger partial charge on any atom is 0.374 e. The Kier molecular flexibility index (Phi) is 4.69. The van der Waals surface area contributed by atoms with Crippen LogP contribution in [0.5, 0.6) is 0 Å². The average molecular weight is 351 g/mol. The minimum absolute atomic E-state index is 0.0882. The van der Waals surface area contributed by atoms with Gasteiger partial charge in [0.1, 0.15) is 12.4 Å². The highest BCUT2D eigenvalue weighted by Crippen LogP contribution is 2.23. The second-order valence-corrected chi connectivity index (χ2v) is 5.61. The summed E-state index contributed by atoms with van der Waals surface area (Å²) < 4.78 is 12.4. The van der Waals surface area contributed by atoms with Crippen LogP contribution in [0.15, 0.2) is 53.2 Å². The maximum absolute atomic E-state index is 12.0. The molecular formula is C16H12Cl2N2O3. The van der Waals surface area contributed by atoms with Crippen LogP contribution in [0.2, 0.25) is 10.0 Å². The molecule has 0 radical (unpaired) electrons. The Morgan fingerprint density at radius 1 is 1.22 bits per heavy atom. The molecule has 7 heteroatoms. The predicted octanol–water partition coefficient (Wildman–Crippen LogP) is 4.19. The molecule has 23 heavy (non-hydrogen) atoms. The van der Waals surface area contributed by atoms with E-state index < -0.39 is 5.97 Å². The molecule has 118 valence electrons. The third kappa shape index (κ3) is 3.94. The van der Waals surface area contributed by atoms with Crippen LogP contribution in [0, 0.1) is 0 Å². The van der Waals surface area contributed by atoms with Gasteiger partial charge in [0.2, 0.25) is 5.76 Å². The SMILES string of the molecule is O=C(OCc1ccc(Cl)c(Cl)c1)c1ccc(Cn2cccn2)o1. The molecule has 0 aliphatic carbocycles. The predicted molar refractivity (Wildman–Crippen MR) is 85.6 cm³/mol. The molecule has 0 spiro atoms. The molecule has 0 amide bonds. The fourth-order valence-electron chi connectivity index (χ4n) is 1.98. The van der Waals surface area contributed by atoms with Crippen LogP contribution in [0.1, 0.15) is 21.9 Å². The van der Waals surface area contributed by atoms with Crippen molar-refractivity contribution < 1.29 is 13.9 Å². The largest absolute Gasteiger partial charge is 0.455 e. The second-order valence-electron chi connectivity index (χ2n) is 4.79. The van der Waals surface area contributed by atoms with Crippen LogP contribution < -0.4 is 0 Å². The fraction of sp³-hybridized carbons (Fsp3) is 0.125. The molecule has 3 aromatic rings. The number of hydrogen-bond donors (Lipinski definition) is 0. The number of carbonyl (C=O) groups is 1. The Labute approximate surface area is 142 Å². The average Bonchev–Trinajstić information content (AvgIpc) is 3.20. The third-order valence-electron chi connectivity index (χ3n) is 3.09. The van der Waals surface area contributed by atoms with Gasteiger partial charge in [-0.15, -0.1) is 0 Å². The van der Waals surface area contributed by atoms with Crippen LogP contribution in [0.25, 0.3) is 0 Å². The molecule has 0 N–H and O–H groups in total. The summed E-state index contributed by atoms with van der Waals surface area (Å²) in [7, 11) is 0. The van der Waals surface area contributed by atoms with Crippen LogP contribution in [-0.4, -0.2) is 15.7 Å². The molecule has 1 aromatic carbocycles. The molecule has 3 rings (SSSR count). The summed E-state index contributed by atoms with van der Waals surface area (Å²) in [5.74, 6) is 0.227. The third-order valence-corrected chi connectivity index (χ3v) is 3.83. The number of esters is 1.